The predicted molar refractivity (Wildman–Crippen MR) is 76.6 cm³/mol. The van der Waals surface area contributed by atoms with Crippen LogP contribution in [-0.4, -0.2) is 20.5 Å². The van der Waals surface area contributed by atoms with Crippen molar-refractivity contribution >= 4 is 0 Å². The quantitative estimate of drug-likeness (QED) is 0.917. The monoisotopic (exact) mass is 256 g/mol. The Morgan fingerprint density at radius 3 is 2.42 bits per heavy atom. The van der Waals surface area contributed by atoms with Gasteiger partial charge in [0.15, 0.2) is 5.82 Å². The maximum Gasteiger partial charge on any atom is 0.159 e. The lowest BCUT2D eigenvalue weighted by Gasteiger charge is -2.20. The van der Waals surface area contributed by atoms with Crippen molar-refractivity contribution in [2.75, 3.05) is 0 Å². The number of aryl methyl sites for hydroxylation is 1. The first-order valence-corrected chi connectivity index (χ1v) is 6.44. The van der Waals surface area contributed by atoms with Crippen molar-refractivity contribution in [1.82, 2.24) is 20.3 Å². The highest BCUT2D eigenvalue weighted by molar-refractivity contribution is 5.53. The Kier molecular flexibility index (Phi) is 3.90. The van der Waals surface area contributed by atoms with Crippen LogP contribution in [0.5, 0.6) is 0 Å². The third-order valence-corrected chi connectivity index (χ3v) is 2.65. The number of pyridine rings is 1. The van der Waals surface area contributed by atoms with Crippen molar-refractivity contribution in [3.8, 4) is 11.4 Å². The van der Waals surface area contributed by atoms with Crippen LogP contribution in [0.1, 0.15) is 32.2 Å². The van der Waals surface area contributed by atoms with Gasteiger partial charge in [-0.3, -0.25) is 4.98 Å². The molecule has 0 radical (unpaired) electrons. The molecule has 0 bridgehead atoms. The summed E-state index contributed by atoms with van der Waals surface area (Å²) in [5.74, 6) is 0.758. The minimum absolute atomic E-state index is 0.0791. The van der Waals surface area contributed by atoms with Gasteiger partial charge >= 0.3 is 0 Å². The summed E-state index contributed by atoms with van der Waals surface area (Å²) in [6.07, 6.45) is 3.52. The van der Waals surface area contributed by atoms with E-state index in [4.69, 9.17) is 0 Å². The highest BCUT2D eigenvalue weighted by atomic mass is 15.0. The van der Waals surface area contributed by atoms with Crippen molar-refractivity contribution in [3.05, 3.63) is 42.0 Å². The van der Waals surface area contributed by atoms with Crippen LogP contribution in [0.2, 0.25) is 0 Å². The summed E-state index contributed by atoms with van der Waals surface area (Å²) in [6.45, 7) is 9.17. The SMILES string of the molecule is Cc1cc(CNC(C)(C)C)nc(-c2ccncc2)n1. The van der Waals surface area contributed by atoms with E-state index >= 15 is 0 Å². The largest absolute Gasteiger partial charge is 0.306 e. The van der Waals surface area contributed by atoms with Crippen LogP contribution in [-0.2, 0) is 6.54 Å². The molecule has 0 amide bonds. The summed E-state index contributed by atoms with van der Waals surface area (Å²) >= 11 is 0. The second kappa shape index (κ2) is 5.45. The Morgan fingerprint density at radius 1 is 1.11 bits per heavy atom. The van der Waals surface area contributed by atoms with Crippen molar-refractivity contribution in [3.63, 3.8) is 0 Å². The fourth-order valence-electron chi connectivity index (χ4n) is 1.71. The predicted octanol–water partition coefficient (Wildman–Crippen LogP) is 2.74. The first kappa shape index (κ1) is 13.6. The highest BCUT2D eigenvalue weighted by Gasteiger charge is 2.10. The summed E-state index contributed by atoms with van der Waals surface area (Å²) < 4.78 is 0. The fourth-order valence-corrected chi connectivity index (χ4v) is 1.71. The van der Waals surface area contributed by atoms with Gasteiger partial charge in [0.2, 0.25) is 0 Å². The Balaban J connectivity index is 2.25. The second-order valence-corrected chi connectivity index (χ2v) is 5.66. The average Bonchev–Trinajstić information content (AvgIpc) is 2.36. The van der Waals surface area contributed by atoms with E-state index < -0.39 is 0 Å². The summed E-state index contributed by atoms with van der Waals surface area (Å²) in [7, 11) is 0. The summed E-state index contributed by atoms with van der Waals surface area (Å²) in [5, 5.41) is 3.44. The lowest BCUT2D eigenvalue weighted by Crippen LogP contribution is -2.35. The molecule has 0 unspecified atom stereocenters. The third kappa shape index (κ3) is 4.10. The van der Waals surface area contributed by atoms with E-state index in [0.29, 0.717) is 0 Å². The Labute approximate surface area is 114 Å². The molecule has 0 spiro atoms. The first-order chi connectivity index (χ1) is 8.94. The molecule has 0 aliphatic carbocycles. The van der Waals surface area contributed by atoms with E-state index in [1.165, 1.54) is 0 Å². The van der Waals surface area contributed by atoms with Gasteiger partial charge in [-0.15, -0.1) is 0 Å². The van der Waals surface area contributed by atoms with E-state index in [1.54, 1.807) is 12.4 Å². The normalized spacial score (nSPS) is 11.6. The molecule has 4 heteroatoms. The number of hydrogen-bond donors (Lipinski definition) is 1. The zero-order valence-electron chi connectivity index (χ0n) is 11.9. The molecular formula is C15H20N4. The zero-order chi connectivity index (χ0) is 13.9. The van der Waals surface area contributed by atoms with Gasteiger partial charge in [-0.25, -0.2) is 9.97 Å². The highest BCUT2D eigenvalue weighted by Crippen LogP contribution is 2.15. The molecule has 0 fully saturated rings. The molecule has 2 rings (SSSR count). The number of aromatic nitrogens is 3. The van der Waals surface area contributed by atoms with Gasteiger partial charge in [-0.05, 0) is 45.9 Å². The van der Waals surface area contributed by atoms with Crippen LogP contribution < -0.4 is 5.32 Å². The van der Waals surface area contributed by atoms with Crippen LogP contribution in [0.25, 0.3) is 11.4 Å². The zero-order valence-corrected chi connectivity index (χ0v) is 11.9. The average molecular weight is 256 g/mol. The van der Waals surface area contributed by atoms with Gasteiger partial charge in [0, 0.05) is 35.7 Å². The van der Waals surface area contributed by atoms with E-state index in [2.05, 4.69) is 41.0 Å². The van der Waals surface area contributed by atoms with Crippen LogP contribution in [0.15, 0.2) is 30.6 Å². The van der Waals surface area contributed by atoms with Crippen LogP contribution in [0.3, 0.4) is 0 Å². The molecule has 2 aromatic rings. The molecule has 100 valence electrons. The maximum absolute atomic E-state index is 4.61. The maximum atomic E-state index is 4.61. The molecule has 0 atom stereocenters. The first-order valence-electron chi connectivity index (χ1n) is 6.44. The Morgan fingerprint density at radius 2 is 1.79 bits per heavy atom. The van der Waals surface area contributed by atoms with E-state index in [1.807, 2.05) is 25.1 Å². The van der Waals surface area contributed by atoms with Crippen LogP contribution in [0.4, 0.5) is 0 Å². The lowest BCUT2D eigenvalue weighted by atomic mass is 10.1. The summed E-state index contributed by atoms with van der Waals surface area (Å²) in [5.41, 5.74) is 3.06. The standard InChI is InChI=1S/C15H20N4/c1-11-9-13(10-17-15(2,3)4)19-14(18-11)12-5-7-16-8-6-12/h5-9,17H,10H2,1-4H3. The van der Waals surface area contributed by atoms with Crippen LogP contribution in [0, 0.1) is 6.92 Å². The van der Waals surface area contributed by atoms with Gasteiger partial charge in [-0.2, -0.15) is 0 Å². The third-order valence-electron chi connectivity index (χ3n) is 2.65. The molecule has 0 aliphatic heterocycles. The molecule has 0 aliphatic rings. The van der Waals surface area contributed by atoms with E-state index in [-0.39, 0.29) is 5.54 Å². The van der Waals surface area contributed by atoms with E-state index in [0.717, 1.165) is 29.3 Å². The summed E-state index contributed by atoms with van der Waals surface area (Å²) in [4.78, 5) is 13.1. The molecule has 4 nitrogen and oxygen atoms in total. The number of rotatable bonds is 3. The smallest absolute Gasteiger partial charge is 0.159 e. The van der Waals surface area contributed by atoms with Crippen molar-refractivity contribution in [1.29, 1.82) is 0 Å². The molecule has 2 aromatic heterocycles. The van der Waals surface area contributed by atoms with Gasteiger partial charge in [-0.1, -0.05) is 0 Å². The molecule has 0 saturated carbocycles. The van der Waals surface area contributed by atoms with Crippen molar-refractivity contribution in [2.45, 2.75) is 39.8 Å². The number of nitrogens with one attached hydrogen (secondary N) is 1. The van der Waals surface area contributed by atoms with Gasteiger partial charge in [0.05, 0.1) is 5.69 Å². The summed E-state index contributed by atoms with van der Waals surface area (Å²) in [6, 6.07) is 5.87. The lowest BCUT2D eigenvalue weighted by molar-refractivity contribution is 0.421. The van der Waals surface area contributed by atoms with Gasteiger partial charge in [0.1, 0.15) is 0 Å². The topological polar surface area (TPSA) is 50.7 Å². The van der Waals surface area contributed by atoms with Crippen LogP contribution >= 0.6 is 0 Å². The van der Waals surface area contributed by atoms with E-state index in [9.17, 15) is 0 Å². The molecule has 1 N–H and O–H groups in total. The van der Waals surface area contributed by atoms with Gasteiger partial charge < -0.3 is 5.32 Å². The molecule has 0 aromatic carbocycles. The molecule has 0 saturated heterocycles. The minimum atomic E-state index is 0.0791. The Hall–Kier alpha value is -1.81. The van der Waals surface area contributed by atoms with Crippen molar-refractivity contribution < 1.29 is 0 Å². The second-order valence-electron chi connectivity index (χ2n) is 5.66. The Bertz CT molecular complexity index is 544. The number of nitrogens with zero attached hydrogens (tertiary/aromatic N) is 3. The van der Waals surface area contributed by atoms with Crippen molar-refractivity contribution in [2.24, 2.45) is 0 Å². The minimum Gasteiger partial charge on any atom is -0.306 e. The fraction of sp³-hybridized carbons (Fsp3) is 0.400. The molecule has 19 heavy (non-hydrogen) atoms. The molecular weight excluding hydrogens is 236 g/mol. The van der Waals surface area contributed by atoms with Gasteiger partial charge in [0.25, 0.3) is 0 Å². The number of hydrogen-bond acceptors (Lipinski definition) is 4. The molecule has 2 heterocycles.